The summed E-state index contributed by atoms with van der Waals surface area (Å²) in [7, 11) is 0. The van der Waals surface area contributed by atoms with Crippen molar-refractivity contribution in [2.24, 2.45) is 0 Å². The number of hydrogen-bond donors (Lipinski definition) is 0. The highest BCUT2D eigenvalue weighted by atomic mass is 19.1. The molecule has 0 saturated carbocycles. The SMILES string of the molecule is C=CCOC1(C)CCN(c2c([C@H](OC(C)(C)C)C(=O)OCC)c(C)nc3cc(-c4cccc5c4[C@@H](C=C)Oc4cc(C)cc(F)c4-5)nn23)CC1. The standard InChI is InChI=1S/C40H47FN4O5/c1-10-20-48-40(9)16-18-44(19-17-40)37-33(36(38(46)47-12-3)50-39(6,7)8)25(5)42-32-23-29(43-45(32)37)26-14-13-15-27-34(26)30(11-2)49-31-22-24(4)21-28(41)35(27)31/h10-11,13-15,21-23,30,36H,1-2,12,16-20H2,3-9H3/t30-,36+/m1/s1. The van der Waals surface area contributed by atoms with Crippen molar-refractivity contribution in [2.75, 3.05) is 31.2 Å². The lowest BCUT2D eigenvalue weighted by molar-refractivity contribution is -0.166. The monoisotopic (exact) mass is 682 g/mol. The van der Waals surface area contributed by atoms with E-state index in [9.17, 15) is 4.79 Å². The molecule has 0 aliphatic carbocycles. The molecule has 0 radical (unpaired) electrons. The zero-order valence-corrected chi connectivity index (χ0v) is 30.1. The lowest BCUT2D eigenvalue weighted by Crippen LogP contribution is -2.45. The molecule has 1 fully saturated rings. The number of benzene rings is 2. The normalized spacial score (nSPS) is 17.4. The van der Waals surface area contributed by atoms with Crippen molar-refractivity contribution in [1.82, 2.24) is 14.6 Å². The molecule has 0 bridgehead atoms. The number of ether oxygens (including phenoxy) is 4. The fraction of sp³-hybridized carbons (Fsp3) is 0.425. The average molecular weight is 683 g/mol. The van der Waals surface area contributed by atoms with Gasteiger partial charge >= 0.3 is 5.97 Å². The van der Waals surface area contributed by atoms with Gasteiger partial charge in [0.1, 0.15) is 23.5 Å². The van der Waals surface area contributed by atoms with Crippen molar-refractivity contribution >= 4 is 17.4 Å². The summed E-state index contributed by atoms with van der Waals surface area (Å²) >= 11 is 0. The summed E-state index contributed by atoms with van der Waals surface area (Å²) in [4.78, 5) is 20.9. The van der Waals surface area contributed by atoms with Crippen molar-refractivity contribution in [2.45, 2.75) is 84.7 Å². The highest BCUT2D eigenvalue weighted by Gasteiger charge is 2.39. The van der Waals surface area contributed by atoms with Crippen molar-refractivity contribution in [3.63, 3.8) is 0 Å². The maximum atomic E-state index is 15.5. The molecule has 4 aromatic rings. The van der Waals surface area contributed by atoms with Crippen LogP contribution in [0.15, 0.2) is 61.7 Å². The number of piperidine rings is 1. The van der Waals surface area contributed by atoms with E-state index in [0.717, 1.165) is 35.1 Å². The van der Waals surface area contributed by atoms with E-state index in [4.69, 9.17) is 29.0 Å². The van der Waals surface area contributed by atoms with Gasteiger partial charge in [-0.2, -0.15) is 9.61 Å². The predicted molar refractivity (Wildman–Crippen MR) is 193 cm³/mol. The average Bonchev–Trinajstić information content (AvgIpc) is 3.48. The molecular formula is C40H47FN4O5. The van der Waals surface area contributed by atoms with Gasteiger partial charge in [-0.15, -0.1) is 6.58 Å². The number of aromatic nitrogens is 3. The first-order valence-electron chi connectivity index (χ1n) is 17.2. The zero-order valence-electron chi connectivity index (χ0n) is 30.1. The molecule has 2 aliphatic rings. The van der Waals surface area contributed by atoms with Gasteiger partial charge in [0.2, 0.25) is 0 Å². The van der Waals surface area contributed by atoms with Gasteiger partial charge in [-0.1, -0.05) is 30.9 Å². The highest BCUT2D eigenvalue weighted by molar-refractivity contribution is 5.85. The van der Waals surface area contributed by atoms with Crippen LogP contribution in [-0.4, -0.2) is 58.1 Å². The van der Waals surface area contributed by atoms with E-state index in [0.29, 0.717) is 59.4 Å². The minimum absolute atomic E-state index is 0.205. The van der Waals surface area contributed by atoms with Gasteiger partial charge in [0.05, 0.1) is 41.2 Å². The number of halogens is 1. The molecule has 0 unspecified atom stereocenters. The summed E-state index contributed by atoms with van der Waals surface area (Å²) in [5.74, 6) is 0.350. The number of nitrogens with zero attached hydrogens (tertiary/aromatic N) is 4. The van der Waals surface area contributed by atoms with Crippen LogP contribution in [0, 0.1) is 19.7 Å². The van der Waals surface area contributed by atoms with E-state index in [1.54, 1.807) is 23.6 Å². The molecule has 50 heavy (non-hydrogen) atoms. The van der Waals surface area contributed by atoms with Crippen molar-refractivity contribution in [1.29, 1.82) is 0 Å². The van der Waals surface area contributed by atoms with Gasteiger partial charge in [0, 0.05) is 36.0 Å². The molecule has 1 saturated heterocycles. The molecule has 0 amide bonds. The third-order valence-corrected chi connectivity index (χ3v) is 9.31. The van der Waals surface area contributed by atoms with Crippen molar-refractivity contribution in [3.05, 3.63) is 89.9 Å². The zero-order chi connectivity index (χ0) is 36.0. The Balaban J connectivity index is 1.56. The van der Waals surface area contributed by atoms with Crippen LogP contribution < -0.4 is 9.64 Å². The first-order chi connectivity index (χ1) is 23.8. The van der Waals surface area contributed by atoms with Gasteiger partial charge in [-0.05, 0) is 90.6 Å². The molecular weight excluding hydrogens is 635 g/mol. The first-order valence-corrected chi connectivity index (χ1v) is 17.2. The molecule has 2 aromatic heterocycles. The van der Waals surface area contributed by atoms with E-state index >= 15 is 4.39 Å². The number of esters is 1. The van der Waals surface area contributed by atoms with Crippen molar-refractivity contribution in [3.8, 4) is 28.1 Å². The van der Waals surface area contributed by atoms with E-state index in [1.165, 1.54) is 6.07 Å². The van der Waals surface area contributed by atoms with Crippen LogP contribution in [0.25, 0.3) is 28.0 Å². The fourth-order valence-corrected chi connectivity index (χ4v) is 6.99. The summed E-state index contributed by atoms with van der Waals surface area (Å²) in [5.41, 5.74) is 4.91. The quantitative estimate of drug-likeness (QED) is 0.122. The molecule has 4 heterocycles. The number of anilines is 1. The van der Waals surface area contributed by atoms with Crippen molar-refractivity contribution < 1.29 is 28.1 Å². The number of carbonyl (C=O) groups excluding carboxylic acids is 1. The molecule has 2 aliphatic heterocycles. The Kier molecular flexibility index (Phi) is 9.63. The summed E-state index contributed by atoms with van der Waals surface area (Å²) in [6, 6.07) is 11.1. The van der Waals surface area contributed by atoms with Gasteiger partial charge < -0.3 is 23.8 Å². The molecule has 2 aromatic carbocycles. The first kappa shape index (κ1) is 35.3. The van der Waals surface area contributed by atoms with Gasteiger partial charge in [-0.3, -0.25) is 0 Å². The minimum atomic E-state index is -1.05. The topological polar surface area (TPSA) is 87.4 Å². The molecule has 10 heteroatoms. The molecule has 2 atom stereocenters. The minimum Gasteiger partial charge on any atom is -0.481 e. The van der Waals surface area contributed by atoms with E-state index < -0.39 is 23.8 Å². The Morgan fingerprint density at radius 3 is 2.54 bits per heavy atom. The van der Waals surface area contributed by atoms with Crippen LogP contribution in [0.1, 0.15) is 82.1 Å². The Morgan fingerprint density at radius 2 is 1.88 bits per heavy atom. The molecule has 0 N–H and O–H groups in total. The summed E-state index contributed by atoms with van der Waals surface area (Å²) in [5, 5.41) is 5.18. The van der Waals surface area contributed by atoms with Crippen LogP contribution in [0.3, 0.4) is 0 Å². The summed E-state index contributed by atoms with van der Waals surface area (Å²) in [6.45, 7) is 23.2. The molecule has 6 rings (SSSR count). The van der Waals surface area contributed by atoms with Crippen LogP contribution in [0.5, 0.6) is 5.75 Å². The lowest BCUT2D eigenvalue weighted by atomic mass is 9.87. The third kappa shape index (κ3) is 6.66. The Hall–Kier alpha value is -4.54. The predicted octanol–water partition coefficient (Wildman–Crippen LogP) is 8.42. The number of fused-ring (bicyclic) bond motifs is 4. The number of rotatable bonds is 10. The molecule has 9 nitrogen and oxygen atoms in total. The number of aryl methyl sites for hydroxylation is 2. The maximum Gasteiger partial charge on any atom is 0.340 e. The largest absolute Gasteiger partial charge is 0.481 e. The van der Waals surface area contributed by atoms with Crippen LogP contribution in [-0.2, 0) is 19.0 Å². The molecule has 264 valence electrons. The smallest absolute Gasteiger partial charge is 0.340 e. The Bertz CT molecular complexity index is 1950. The lowest BCUT2D eigenvalue weighted by Gasteiger charge is -2.41. The fourth-order valence-electron chi connectivity index (χ4n) is 6.99. The van der Waals surface area contributed by atoms with Gasteiger partial charge in [0.15, 0.2) is 11.8 Å². The second kappa shape index (κ2) is 13.6. The molecule has 0 spiro atoms. The summed E-state index contributed by atoms with van der Waals surface area (Å²) < 4.78 is 41.9. The van der Waals surface area contributed by atoms with E-state index in [2.05, 4.69) is 25.0 Å². The summed E-state index contributed by atoms with van der Waals surface area (Å²) in [6.07, 6.45) is 3.40. The third-order valence-electron chi connectivity index (χ3n) is 9.31. The van der Waals surface area contributed by atoms with E-state index in [-0.39, 0.29) is 18.0 Å². The van der Waals surface area contributed by atoms with Crippen LogP contribution in [0.2, 0.25) is 0 Å². The van der Waals surface area contributed by atoms with Gasteiger partial charge in [0.25, 0.3) is 0 Å². The van der Waals surface area contributed by atoms with E-state index in [1.807, 2.05) is 65.0 Å². The highest BCUT2D eigenvalue weighted by Crippen LogP contribution is 2.48. The Morgan fingerprint density at radius 1 is 1.16 bits per heavy atom. The van der Waals surface area contributed by atoms with Gasteiger partial charge in [-0.25, -0.2) is 14.2 Å². The van der Waals surface area contributed by atoms with Crippen LogP contribution in [0.4, 0.5) is 10.2 Å². The maximum absolute atomic E-state index is 15.5. The number of carbonyl (C=O) groups is 1. The van der Waals surface area contributed by atoms with Crippen LogP contribution >= 0.6 is 0 Å². The second-order valence-electron chi connectivity index (χ2n) is 14.3. The number of hydrogen-bond acceptors (Lipinski definition) is 8. The Labute approximate surface area is 293 Å². The second-order valence-corrected chi connectivity index (χ2v) is 14.3.